The molecule has 1 aromatic heterocycles. The zero-order valence-corrected chi connectivity index (χ0v) is 19.2. The van der Waals surface area contributed by atoms with E-state index < -0.39 is 11.6 Å². The molecule has 32 heavy (non-hydrogen) atoms. The Morgan fingerprint density at radius 1 is 1.03 bits per heavy atom. The standard InChI is InChI=1S/C24H22ClF2N3OS/c1-13(22-18-11-30(12-19(18)22)24-28-9-16(25)10-29-24)31-23-20(26)7-15(8-21(23)27)14-3-5-17(32-2)6-4-14/h3-10,13,18-19,22H,11-12H2,1-2H3. The van der Waals surface area contributed by atoms with Gasteiger partial charge in [-0.15, -0.1) is 11.8 Å². The lowest BCUT2D eigenvalue weighted by atomic mass is 10.1. The fourth-order valence-corrected chi connectivity index (χ4v) is 5.29. The van der Waals surface area contributed by atoms with E-state index in [1.54, 1.807) is 24.2 Å². The number of aromatic nitrogens is 2. The average Bonchev–Trinajstić information content (AvgIpc) is 3.30. The van der Waals surface area contributed by atoms with E-state index >= 15 is 0 Å². The van der Waals surface area contributed by atoms with Gasteiger partial charge in [-0.25, -0.2) is 18.7 Å². The SMILES string of the molecule is CSc1ccc(-c2cc(F)c(OC(C)C3C4CN(c5ncc(Cl)cn5)CC43)c(F)c2)cc1. The summed E-state index contributed by atoms with van der Waals surface area (Å²) in [4.78, 5) is 11.8. The van der Waals surface area contributed by atoms with Gasteiger partial charge in [0.2, 0.25) is 5.95 Å². The molecule has 2 aromatic carbocycles. The molecule has 2 fully saturated rings. The van der Waals surface area contributed by atoms with E-state index in [1.807, 2.05) is 37.4 Å². The van der Waals surface area contributed by atoms with Crippen molar-refractivity contribution in [2.45, 2.75) is 17.9 Å². The first-order chi connectivity index (χ1) is 15.4. The minimum Gasteiger partial charge on any atom is -0.484 e. The lowest BCUT2D eigenvalue weighted by Crippen LogP contribution is -2.29. The van der Waals surface area contributed by atoms with E-state index in [9.17, 15) is 8.78 Å². The molecule has 0 radical (unpaired) electrons. The first kappa shape index (κ1) is 21.5. The van der Waals surface area contributed by atoms with Gasteiger partial charge in [-0.05, 0) is 60.4 Å². The van der Waals surface area contributed by atoms with Crippen LogP contribution in [-0.2, 0) is 0 Å². The van der Waals surface area contributed by atoms with Gasteiger partial charge in [0.1, 0.15) is 0 Å². The topological polar surface area (TPSA) is 38.2 Å². The molecule has 8 heteroatoms. The molecule has 3 aromatic rings. The summed E-state index contributed by atoms with van der Waals surface area (Å²) in [6.07, 6.45) is 4.87. The molecule has 1 saturated heterocycles. The molecule has 2 aliphatic rings. The number of rotatable bonds is 6. The Labute approximate surface area is 195 Å². The van der Waals surface area contributed by atoms with E-state index in [2.05, 4.69) is 14.9 Å². The van der Waals surface area contributed by atoms with Gasteiger partial charge in [-0.3, -0.25) is 0 Å². The summed E-state index contributed by atoms with van der Waals surface area (Å²) in [5.74, 6) is 0.0768. The number of nitrogens with zero attached hydrogens (tertiary/aromatic N) is 3. The fourth-order valence-electron chi connectivity index (χ4n) is 4.79. The van der Waals surface area contributed by atoms with Crippen molar-refractivity contribution in [1.82, 2.24) is 9.97 Å². The molecule has 1 saturated carbocycles. The molecule has 166 valence electrons. The van der Waals surface area contributed by atoms with Gasteiger partial charge < -0.3 is 9.64 Å². The number of hydrogen-bond donors (Lipinski definition) is 0. The molecule has 1 aliphatic heterocycles. The second-order valence-electron chi connectivity index (χ2n) is 8.33. The Balaban J connectivity index is 1.24. The van der Waals surface area contributed by atoms with Crippen molar-refractivity contribution in [1.29, 1.82) is 0 Å². The highest BCUT2D eigenvalue weighted by atomic mass is 35.5. The van der Waals surface area contributed by atoms with E-state index in [-0.39, 0.29) is 17.8 Å². The smallest absolute Gasteiger partial charge is 0.225 e. The normalized spacial score (nSPS) is 22.5. The van der Waals surface area contributed by atoms with Gasteiger partial charge in [0.15, 0.2) is 17.4 Å². The number of hydrogen-bond acceptors (Lipinski definition) is 5. The Morgan fingerprint density at radius 2 is 1.62 bits per heavy atom. The predicted molar refractivity (Wildman–Crippen MR) is 123 cm³/mol. The molecule has 0 amide bonds. The molecule has 0 spiro atoms. The first-order valence-electron chi connectivity index (χ1n) is 10.5. The monoisotopic (exact) mass is 473 g/mol. The molecule has 4 nitrogen and oxygen atoms in total. The third kappa shape index (κ3) is 4.04. The number of anilines is 1. The summed E-state index contributed by atoms with van der Waals surface area (Å²) in [7, 11) is 0. The number of piperidine rings is 1. The van der Waals surface area contributed by atoms with Crippen LogP contribution in [0.25, 0.3) is 11.1 Å². The molecular formula is C24H22ClF2N3OS. The Bertz CT molecular complexity index is 1090. The van der Waals surface area contributed by atoms with Crippen molar-refractivity contribution in [2.24, 2.45) is 17.8 Å². The van der Waals surface area contributed by atoms with Gasteiger partial charge >= 0.3 is 0 Å². The zero-order chi connectivity index (χ0) is 22.4. The van der Waals surface area contributed by atoms with E-state index in [4.69, 9.17) is 16.3 Å². The van der Waals surface area contributed by atoms with Crippen molar-refractivity contribution >= 4 is 29.3 Å². The second-order valence-corrected chi connectivity index (χ2v) is 9.65. The Kier molecular flexibility index (Phi) is 5.72. The van der Waals surface area contributed by atoms with Gasteiger partial charge in [-0.2, -0.15) is 0 Å². The third-order valence-electron chi connectivity index (χ3n) is 6.42. The molecule has 1 aliphatic carbocycles. The van der Waals surface area contributed by atoms with Crippen LogP contribution in [0.1, 0.15) is 6.92 Å². The van der Waals surface area contributed by atoms with Crippen LogP contribution in [0.2, 0.25) is 5.02 Å². The van der Waals surface area contributed by atoms with Crippen molar-refractivity contribution < 1.29 is 13.5 Å². The maximum Gasteiger partial charge on any atom is 0.225 e. The molecule has 0 N–H and O–H groups in total. The van der Waals surface area contributed by atoms with Gasteiger partial charge in [0.25, 0.3) is 0 Å². The third-order valence-corrected chi connectivity index (χ3v) is 7.36. The van der Waals surface area contributed by atoms with Crippen LogP contribution in [0.5, 0.6) is 5.75 Å². The summed E-state index contributed by atoms with van der Waals surface area (Å²) < 4.78 is 35.4. The summed E-state index contributed by atoms with van der Waals surface area (Å²) in [6.45, 7) is 3.50. The van der Waals surface area contributed by atoms with Gasteiger partial charge in [0, 0.05) is 23.9 Å². The lowest BCUT2D eigenvalue weighted by Gasteiger charge is -2.23. The first-order valence-corrected chi connectivity index (χ1v) is 12.1. The minimum absolute atomic E-state index is 0.260. The fraction of sp³-hybridized carbons (Fsp3) is 0.333. The van der Waals surface area contributed by atoms with Crippen molar-refractivity contribution in [2.75, 3.05) is 24.2 Å². The number of benzene rings is 2. The lowest BCUT2D eigenvalue weighted by molar-refractivity contribution is 0.167. The number of halogens is 3. The van der Waals surface area contributed by atoms with Crippen LogP contribution >= 0.6 is 23.4 Å². The van der Waals surface area contributed by atoms with Gasteiger partial charge in [-0.1, -0.05) is 23.7 Å². The Morgan fingerprint density at radius 3 is 2.19 bits per heavy atom. The molecule has 5 rings (SSSR count). The Hall–Kier alpha value is -2.38. The predicted octanol–water partition coefficient (Wildman–Crippen LogP) is 5.95. The molecule has 2 heterocycles. The van der Waals surface area contributed by atoms with Crippen LogP contribution in [0.4, 0.5) is 14.7 Å². The second kappa shape index (κ2) is 8.52. The summed E-state index contributed by atoms with van der Waals surface area (Å²) in [5.41, 5.74) is 1.26. The van der Waals surface area contributed by atoms with Crippen LogP contribution in [0.15, 0.2) is 53.7 Å². The number of ether oxygens (including phenoxy) is 1. The van der Waals surface area contributed by atoms with Gasteiger partial charge in [0.05, 0.1) is 23.5 Å². The maximum atomic E-state index is 14.8. The van der Waals surface area contributed by atoms with Crippen LogP contribution in [0.3, 0.4) is 0 Å². The van der Waals surface area contributed by atoms with E-state index in [0.29, 0.717) is 28.4 Å². The van der Waals surface area contributed by atoms with Crippen LogP contribution in [0, 0.1) is 29.4 Å². The minimum atomic E-state index is -0.678. The summed E-state index contributed by atoms with van der Waals surface area (Å²) in [6, 6.07) is 10.3. The molecule has 3 atom stereocenters. The summed E-state index contributed by atoms with van der Waals surface area (Å²) in [5, 5.41) is 0.505. The quantitative estimate of drug-likeness (QED) is 0.414. The van der Waals surface area contributed by atoms with Crippen molar-refractivity contribution in [3.05, 3.63) is 65.4 Å². The number of thioether (sulfide) groups is 1. The molecule has 0 bridgehead atoms. The zero-order valence-electron chi connectivity index (χ0n) is 17.6. The highest BCUT2D eigenvalue weighted by Crippen LogP contribution is 2.54. The van der Waals surface area contributed by atoms with Crippen molar-refractivity contribution in [3.8, 4) is 16.9 Å². The van der Waals surface area contributed by atoms with Crippen LogP contribution in [-0.4, -0.2) is 35.4 Å². The van der Waals surface area contributed by atoms with E-state index in [1.165, 1.54) is 12.1 Å². The molecule has 3 unspecified atom stereocenters. The number of fused-ring (bicyclic) bond motifs is 1. The highest BCUT2D eigenvalue weighted by Gasteiger charge is 2.59. The van der Waals surface area contributed by atoms with Crippen molar-refractivity contribution in [3.63, 3.8) is 0 Å². The summed E-state index contributed by atoms with van der Waals surface area (Å²) >= 11 is 7.48. The van der Waals surface area contributed by atoms with Crippen LogP contribution < -0.4 is 9.64 Å². The maximum absolute atomic E-state index is 14.8. The highest BCUT2D eigenvalue weighted by molar-refractivity contribution is 7.98. The largest absolute Gasteiger partial charge is 0.484 e. The molecular weight excluding hydrogens is 452 g/mol. The average molecular weight is 474 g/mol. The van der Waals surface area contributed by atoms with E-state index in [0.717, 1.165) is 23.5 Å².